The Morgan fingerprint density at radius 3 is 2.37 bits per heavy atom. The minimum atomic E-state index is -1.01. The van der Waals surface area contributed by atoms with Gasteiger partial charge >= 0.3 is 5.97 Å². The number of nitrogens with zero attached hydrogens (tertiary/aromatic N) is 1. The summed E-state index contributed by atoms with van der Waals surface area (Å²) in [5, 5.41) is 10.4. The maximum absolute atomic E-state index is 11.4. The third-order valence-electron chi connectivity index (χ3n) is 5.58. The topological polar surface area (TPSA) is 77.9 Å². The molecule has 180 valence electrons. The number of carboxylic acids is 1. The molecule has 0 saturated heterocycles. The van der Waals surface area contributed by atoms with Crippen molar-refractivity contribution in [3.63, 3.8) is 0 Å². The number of aromatic nitrogens is 1. The number of carboxylic acid groups (broad SMARTS) is 1. The SMILES string of the molecule is CCCc1cccc(COc2cccc(OCc3ccc4ccccc4n3)c2)c1OC(C)C(=O)O. The Hall–Kier alpha value is -4.06. The molecule has 6 heteroatoms. The fraction of sp³-hybridized carbons (Fsp3) is 0.241. The summed E-state index contributed by atoms with van der Waals surface area (Å²) in [5.41, 5.74) is 3.56. The molecule has 0 fully saturated rings. The number of rotatable bonds is 11. The average Bonchev–Trinajstić information content (AvgIpc) is 2.87. The van der Waals surface area contributed by atoms with E-state index < -0.39 is 12.1 Å². The summed E-state index contributed by atoms with van der Waals surface area (Å²) in [5.74, 6) is 0.896. The van der Waals surface area contributed by atoms with Crippen molar-refractivity contribution in [2.45, 2.75) is 46.0 Å². The predicted octanol–water partition coefficient (Wildman–Crippen LogP) is 6.20. The molecule has 0 saturated carbocycles. The van der Waals surface area contributed by atoms with Gasteiger partial charge in [-0.1, -0.05) is 61.9 Å². The molecule has 4 aromatic rings. The van der Waals surface area contributed by atoms with Crippen LogP contribution in [0.2, 0.25) is 0 Å². The van der Waals surface area contributed by atoms with E-state index in [4.69, 9.17) is 14.2 Å². The molecule has 0 spiro atoms. The van der Waals surface area contributed by atoms with Crippen molar-refractivity contribution in [2.24, 2.45) is 0 Å². The zero-order valence-corrected chi connectivity index (χ0v) is 19.9. The standard InChI is InChI=1S/C29H29NO5/c1-3-8-22-10-6-11-23(28(22)35-20(2)29(31)32)18-33-25-12-7-13-26(17-25)34-19-24-16-15-21-9-4-5-14-27(21)30-24/h4-7,9-17,20H,3,8,18-19H2,1-2H3,(H,31,32). The molecule has 0 bridgehead atoms. The van der Waals surface area contributed by atoms with Gasteiger partial charge in [-0.25, -0.2) is 9.78 Å². The van der Waals surface area contributed by atoms with Crippen LogP contribution in [0.4, 0.5) is 0 Å². The molecule has 0 aliphatic heterocycles. The van der Waals surface area contributed by atoms with Crippen LogP contribution in [0.25, 0.3) is 10.9 Å². The molecule has 3 aromatic carbocycles. The van der Waals surface area contributed by atoms with Crippen LogP contribution < -0.4 is 14.2 Å². The molecule has 35 heavy (non-hydrogen) atoms. The summed E-state index contributed by atoms with van der Waals surface area (Å²) in [6, 6.07) is 25.2. The van der Waals surface area contributed by atoms with E-state index >= 15 is 0 Å². The first-order chi connectivity index (χ1) is 17.0. The van der Waals surface area contributed by atoms with Crippen LogP contribution in [0, 0.1) is 0 Å². The van der Waals surface area contributed by atoms with Gasteiger partial charge in [-0.05, 0) is 43.2 Å². The minimum Gasteiger partial charge on any atom is -0.489 e. The van der Waals surface area contributed by atoms with Crippen molar-refractivity contribution < 1.29 is 24.1 Å². The summed E-state index contributed by atoms with van der Waals surface area (Å²) in [4.78, 5) is 16.0. The van der Waals surface area contributed by atoms with Gasteiger partial charge in [0, 0.05) is 17.0 Å². The fourth-order valence-electron chi connectivity index (χ4n) is 3.76. The highest BCUT2D eigenvalue weighted by Crippen LogP contribution is 2.29. The lowest BCUT2D eigenvalue weighted by atomic mass is 10.0. The van der Waals surface area contributed by atoms with Gasteiger partial charge in [0.05, 0.1) is 11.2 Å². The van der Waals surface area contributed by atoms with E-state index in [0.29, 0.717) is 23.9 Å². The number of hydrogen-bond donors (Lipinski definition) is 1. The molecule has 1 unspecified atom stereocenters. The monoisotopic (exact) mass is 471 g/mol. The van der Waals surface area contributed by atoms with Crippen molar-refractivity contribution in [3.05, 3.63) is 95.7 Å². The number of aliphatic carboxylic acids is 1. The summed E-state index contributed by atoms with van der Waals surface area (Å²) < 4.78 is 17.8. The minimum absolute atomic E-state index is 0.245. The summed E-state index contributed by atoms with van der Waals surface area (Å²) in [7, 11) is 0. The van der Waals surface area contributed by atoms with Crippen LogP contribution in [0.5, 0.6) is 17.2 Å². The zero-order chi connectivity index (χ0) is 24.6. The van der Waals surface area contributed by atoms with E-state index in [0.717, 1.165) is 40.6 Å². The number of pyridine rings is 1. The molecule has 1 aromatic heterocycles. The van der Waals surface area contributed by atoms with Gasteiger partial charge in [0.25, 0.3) is 0 Å². The van der Waals surface area contributed by atoms with Crippen LogP contribution >= 0.6 is 0 Å². The van der Waals surface area contributed by atoms with E-state index in [-0.39, 0.29) is 6.61 Å². The van der Waals surface area contributed by atoms with E-state index in [1.165, 1.54) is 6.92 Å². The second-order valence-electron chi connectivity index (χ2n) is 8.30. The quantitative estimate of drug-likeness (QED) is 0.281. The van der Waals surface area contributed by atoms with Crippen molar-refractivity contribution >= 4 is 16.9 Å². The molecule has 1 atom stereocenters. The smallest absolute Gasteiger partial charge is 0.344 e. The maximum Gasteiger partial charge on any atom is 0.344 e. The highest BCUT2D eigenvalue weighted by molar-refractivity contribution is 5.78. The fourth-order valence-corrected chi connectivity index (χ4v) is 3.76. The zero-order valence-electron chi connectivity index (χ0n) is 19.9. The molecule has 1 N–H and O–H groups in total. The largest absolute Gasteiger partial charge is 0.489 e. The van der Waals surface area contributed by atoms with Crippen LogP contribution in [-0.4, -0.2) is 22.2 Å². The molecule has 1 heterocycles. The van der Waals surface area contributed by atoms with Gasteiger partial charge in [-0.15, -0.1) is 0 Å². The van der Waals surface area contributed by atoms with Crippen LogP contribution in [-0.2, 0) is 24.4 Å². The Labute approximate surface area is 205 Å². The Bertz CT molecular complexity index is 1300. The van der Waals surface area contributed by atoms with Crippen molar-refractivity contribution in [1.82, 2.24) is 4.98 Å². The Balaban J connectivity index is 1.44. The molecule has 6 nitrogen and oxygen atoms in total. The summed E-state index contributed by atoms with van der Waals surface area (Å²) >= 11 is 0. The highest BCUT2D eigenvalue weighted by atomic mass is 16.5. The molecule has 0 aliphatic carbocycles. The summed E-state index contributed by atoms with van der Waals surface area (Å²) in [6.45, 7) is 4.20. The van der Waals surface area contributed by atoms with E-state index in [1.807, 2.05) is 78.9 Å². The lowest BCUT2D eigenvalue weighted by Crippen LogP contribution is -2.24. The summed E-state index contributed by atoms with van der Waals surface area (Å²) in [6.07, 6.45) is 0.766. The second kappa shape index (κ2) is 11.4. The first kappa shape index (κ1) is 24.1. The van der Waals surface area contributed by atoms with Crippen molar-refractivity contribution in [3.8, 4) is 17.2 Å². The number of fused-ring (bicyclic) bond motifs is 1. The molecule has 4 rings (SSSR count). The molecular weight excluding hydrogens is 442 g/mol. The highest BCUT2D eigenvalue weighted by Gasteiger charge is 2.18. The van der Waals surface area contributed by atoms with Crippen LogP contribution in [0.1, 0.15) is 37.1 Å². The number of para-hydroxylation sites is 2. The van der Waals surface area contributed by atoms with Crippen molar-refractivity contribution in [2.75, 3.05) is 0 Å². The van der Waals surface area contributed by atoms with Gasteiger partial charge in [0.15, 0.2) is 6.10 Å². The first-order valence-corrected chi connectivity index (χ1v) is 11.7. The Morgan fingerprint density at radius 1 is 0.886 bits per heavy atom. The first-order valence-electron chi connectivity index (χ1n) is 11.7. The normalized spacial score (nSPS) is 11.7. The van der Waals surface area contributed by atoms with Crippen LogP contribution in [0.3, 0.4) is 0 Å². The maximum atomic E-state index is 11.4. The molecular formula is C29H29NO5. The Morgan fingerprint density at radius 2 is 1.60 bits per heavy atom. The van der Waals surface area contributed by atoms with Gasteiger partial charge in [0.2, 0.25) is 0 Å². The number of carbonyl (C=O) groups is 1. The lowest BCUT2D eigenvalue weighted by Gasteiger charge is -2.18. The van der Waals surface area contributed by atoms with Gasteiger partial charge in [0.1, 0.15) is 30.5 Å². The molecule has 0 amide bonds. The molecule has 0 radical (unpaired) electrons. The number of ether oxygens (including phenoxy) is 3. The Kier molecular flexibility index (Phi) is 7.83. The van der Waals surface area contributed by atoms with Gasteiger partial charge in [-0.3, -0.25) is 0 Å². The van der Waals surface area contributed by atoms with E-state index in [2.05, 4.69) is 11.9 Å². The lowest BCUT2D eigenvalue weighted by molar-refractivity contribution is -0.144. The third kappa shape index (κ3) is 6.29. The molecule has 0 aliphatic rings. The predicted molar refractivity (Wildman–Crippen MR) is 135 cm³/mol. The number of benzene rings is 3. The van der Waals surface area contributed by atoms with E-state index in [9.17, 15) is 9.90 Å². The second-order valence-corrected chi connectivity index (χ2v) is 8.30. The van der Waals surface area contributed by atoms with Gasteiger partial charge in [-0.2, -0.15) is 0 Å². The van der Waals surface area contributed by atoms with Crippen LogP contribution in [0.15, 0.2) is 78.9 Å². The van der Waals surface area contributed by atoms with E-state index in [1.54, 1.807) is 0 Å². The average molecular weight is 472 g/mol. The number of hydrogen-bond acceptors (Lipinski definition) is 5. The third-order valence-corrected chi connectivity index (χ3v) is 5.58. The van der Waals surface area contributed by atoms with Crippen molar-refractivity contribution in [1.29, 1.82) is 0 Å². The number of aryl methyl sites for hydroxylation is 1. The van der Waals surface area contributed by atoms with Gasteiger partial charge < -0.3 is 19.3 Å².